The van der Waals surface area contributed by atoms with Gasteiger partial charge in [0.1, 0.15) is 0 Å². The molecule has 0 radical (unpaired) electrons. The smallest absolute Gasteiger partial charge is 0.231 e. The summed E-state index contributed by atoms with van der Waals surface area (Å²) < 4.78 is 5.28. The Bertz CT molecular complexity index is 142. The summed E-state index contributed by atoms with van der Waals surface area (Å²) in [4.78, 5) is 10.5. The third-order valence-electron chi connectivity index (χ3n) is 2.02. The molecule has 12 heavy (non-hydrogen) atoms. The van der Waals surface area contributed by atoms with Gasteiger partial charge in [0.05, 0.1) is 6.54 Å². The molecule has 0 aromatic carbocycles. The van der Waals surface area contributed by atoms with Gasteiger partial charge in [0.25, 0.3) is 0 Å². The molecule has 0 spiro atoms. The van der Waals surface area contributed by atoms with Crippen LogP contribution in [0.4, 0.5) is 0 Å². The van der Waals surface area contributed by atoms with Crippen molar-refractivity contribution in [2.24, 2.45) is 5.73 Å². The molecule has 1 atom stereocenters. The molecule has 1 aliphatic heterocycles. The Balaban J connectivity index is 2.16. The molecule has 1 fully saturated rings. The topological polar surface area (TPSA) is 64.4 Å². The highest BCUT2D eigenvalue weighted by molar-refractivity contribution is 5.75. The largest absolute Gasteiger partial charge is 0.381 e. The Labute approximate surface area is 72.5 Å². The van der Waals surface area contributed by atoms with E-state index in [0.717, 1.165) is 32.5 Å². The first-order valence-electron chi connectivity index (χ1n) is 4.38. The molecule has 4 heteroatoms. The van der Waals surface area contributed by atoms with Crippen molar-refractivity contribution in [2.75, 3.05) is 19.8 Å². The second-order valence-corrected chi connectivity index (χ2v) is 3.09. The van der Waals surface area contributed by atoms with Crippen LogP contribution in [-0.2, 0) is 9.53 Å². The van der Waals surface area contributed by atoms with Crippen LogP contribution in [0, 0.1) is 0 Å². The van der Waals surface area contributed by atoms with Crippen LogP contribution < -0.4 is 11.1 Å². The van der Waals surface area contributed by atoms with Gasteiger partial charge in [0, 0.05) is 19.3 Å². The highest BCUT2D eigenvalue weighted by Gasteiger charge is 2.11. The molecule has 70 valence electrons. The van der Waals surface area contributed by atoms with Crippen molar-refractivity contribution < 1.29 is 9.53 Å². The molecule has 1 aliphatic rings. The van der Waals surface area contributed by atoms with E-state index in [4.69, 9.17) is 10.5 Å². The molecule has 0 aliphatic carbocycles. The summed E-state index contributed by atoms with van der Waals surface area (Å²) in [7, 11) is 0. The standard InChI is InChI=1S/C8H16N2O2/c9-8(11)6-10-7-2-1-4-12-5-3-7/h7,10H,1-6H2,(H2,9,11). The number of rotatable bonds is 3. The van der Waals surface area contributed by atoms with Gasteiger partial charge in [-0.1, -0.05) is 0 Å². The van der Waals surface area contributed by atoms with Crippen molar-refractivity contribution in [1.82, 2.24) is 5.32 Å². The van der Waals surface area contributed by atoms with Crippen LogP contribution >= 0.6 is 0 Å². The molecule has 1 amide bonds. The number of nitrogens with one attached hydrogen (secondary N) is 1. The third-order valence-corrected chi connectivity index (χ3v) is 2.02. The first kappa shape index (κ1) is 9.48. The fourth-order valence-electron chi connectivity index (χ4n) is 1.35. The average Bonchev–Trinajstić information content (AvgIpc) is 2.28. The monoisotopic (exact) mass is 172 g/mol. The van der Waals surface area contributed by atoms with E-state index in [0.29, 0.717) is 6.04 Å². The van der Waals surface area contributed by atoms with Gasteiger partial charge in [-0.2, -0.15) is 0 Å². The van der Waals surface area contributed by atoms with E-state index in [9.17, 15) is 4.79 Å². The molecular weight excluding hydrogens is 156 g/mol. The number of carbonyl (C=O) groups excluding carboxylic acids is 1. The highest BCUT2D eigenvalue weighted by atomic mass is 16.5. The van der Waals surface area contributed by atoms with E-state index in [-0.39, 0.29) is 12.5 Å². The molecule has 1 rings (SSSR count). The minimum Gasteiger partial charge on any atom is -0.381 e. The van der Waals surface area contributed by atoms with Crippen molar-refractivity contribution in [1.29, 1.82) is 0 Å². The Morgan fingerprint density at radius 2 is 2.33 bits per heavy atom. The van der Waals surface area contributed by atoms with Crippen LogP contribution in [0.1, 0.15) is 19.3 Å². The second kappa shape index (κ2) is 5.11. The van der Waals surface area contributed by atoms with E-state index >= 15 is 0 Å². The van der Waals surface area contributed by atoms with Gasteiger partial charge >= 0.3 is 0 Å². The SMILES string of the molecule is NC(=O)CNC1CCCOCC1. The Kier molecular flexibility index (Phi) is 4.04. The van der Waals surface area contributed by atoms with Gasteiger partial charge in [-0.25, -0.2) is 0 Å². The number of nitrogens with two attached hydrogens (primary N) is 1. The fourth-order valence-corrected chi connectivity index (χ4v) is 1.35. The molecule has 1 unspecified atom stereocenters. The van der Waals surface area contributed by atoms with E-state index in [1.807, 2.05) is 0 Å². The maximum atomic E-state index is 10.5. The molecule has 0 bridgehead atoms. The number of hydrogen-bond acceptors (Lipinski definition) is 3. The molecular formula is C8H16N2O2. The minimum atomic E-state index is -0.292. The van der Waals surface area contributed by atoms with E-state index in [1.165, 1.54) is 0 Å². The Morgan fingerprint density at radius 1 is 1.50 bits per heavy atom. The van der Waals surface area contributed by atoms with Crippen LogP contribution in [0.15, 0.2) is 0 Å². The van der Waals surface area contributed by atoms with Crippen LogP contribution in [0.3, 0.4) is 0 Å². The van der Waals surface area contributed by atoms with Gasteiger partial charge in [-0.05, 0) is 19.3 Å². The second-order valence-electron chi connectivity index (χ2n) is 3.09. The summed E-state index contributed by atoms with van der Waals surface area (Å²) in [6.45, 7) is 1.91. The number of carbonyl (C=O) groups is 1. The van der Waals surface area contributed by atoms with E-state index in [2.05, 4.69) is 5.32 Å². The summed E-state index contributed by atoms with van der Waals surface area (Å²) in [5.74, 6) is -0.292. The van der Waals surface area contributed by atoms with Crippen molar-refractivity contribution in [3.63, 3.8) is 0 Å². The number of hydrogen-bond donors (Lipinski definition) is 2. The lowest BCUT2D eigenvalue weighted by molar-refractivity contribution is -0.117. The molecule has 0 aromatic rings. The summed E-state index contributed by atoms with van der Waals surface area (Å²) >= 11 is 0. The van der Waals surface area contributed by atoms with E-state index < -0.39 is 0 Å². The van der Waals surface area contributed by atoms with Crippen LogP contribution in [0.5, 0.6) is 0 Å². The summed E-state index contributed by atoms with van der Waals surface area (Å²) in [6, 6.07) is 0.403. The molecule has 0 saturated carbocycles. The van der Waals surface area contributed by atoms with Gasteiger partial charge in [-0.3, -0.25) is 4.79 Å². The molecule has 1 heterocycles. The normalized spacial score (nSPS) is 24.8. The van der Waals surface area contributed by atoms with Gasteiger partial charge in [-0.15, -0.1) is 0 Å². The average molecular weight is 172 g/mol. The maximum absolute atomic E-state index is 10.5. The lowest BCUT2D eigenvalue weighted by atomic mass is 10.1. The Morgan fingerprint density at radius 3 is 3.08 bits per heavy atom. The van der Waals surface area contributed by atoms with E-state index in [1.54, 1.807) is 0 Å². The van der Waals surface area contributed by atoms with Crippen molar-refractivity contribution >= 4 is 5.91 Å². The first-order chi connectivity index (χ1) is 5.79. The van der Waals surface area contributed by atoms with Crippen molar-refractivity contribution in [3.05, 3.63) is 0 Å². The van der Waals surface area contributed by atoms with Crippen molar-refractivity contribution in [2.45, 2.75) is 25.3 Å². The molecule has 4 nitrogen and oxygen atoms in total. The zero-order valence-electron chi connectivity index (χ0n) is 7.21. The Hall–Kier alpha value is -0.610. The predicted octanol–water partition coefficient (Wildman–Crippen LogP) is -0.370. The lowest BCUT2D eigenvalue weighted by Gasteiger charge is -2.13. The molecule has 0 aromatic heterocycles. The molecule has 3 N–H and O–H groups in total. The first-order valence-corrected chi connectivity index (χ1v) is 4.38. The van der Waals surface area contributed by atoms with Gasteiger partial charge < -0.3 is 15.8 Å². The number of amides is 1. The zero-order chi connectivity index (χ0) is 8.81. The van der Waals surface area contributed by atoms with Crippen LogP contribution in [-0.4, -0.2) is 31.7 Å². The van der Waals surface area contributed by atoms with Crippen LogP contribution in [0.2, 0.25) is 0 Å². The van der Waals surface area contributed by atoms with Gasteiger partial charge in [0.2, 0.25) is 5.91 Å². The van der Waals surface area contributed by atoms with Gasteiger partial charge in [0.15, 0.2) is 0 Å². The lowest BCUT2D eigenvalue weighted by Crippen LogP contribution is -2.36. The number of ether oxygens (including phenoxy) is 1. The highest BCUT2D eigenvalue weighted by Crippen LogP contribution is 2.07. The van der Waals surface area contributed by atoms with Crippen molar-refractivity contribution in [3.8, 4) is 0 Å². The third kappa shape index (κ3) is 3.69. The predicted molar refractivity (Wildman–Crippen MR) is 45.7 cm³/mol. The summed E-state index contributed by atoms with van der Waals surface area (Å²) in [5.41, 5.74) is 5.02. The number of primary amides is 1. The summed E-state index contributed by atoms with van der Waals surface area (Å²) in [5, 5.41) is 3.11. The van der Waals surface area contributed by atoms with Crippen LogP contribution in [0.25, 0.3) is 0 Å². The molecule has 1 saturated heterocycles. The minimum absolute atomic E-state index is 0.282. The zero-order valence-corrected chi connectivity index (χ0v) is 7.21. The summed E-state index contributed by atoms with van der Waals surface area (Å²) in [6.07, 6.45) is 3.12. The fraction of sp³-hybridized carbons (Fsp3) is 0.875. The quantitative estimate of drug-likeness (QED) is 0.610. The maximum Gasteiger partial charge on any atom is 0.231 e.